The van der Waals surface area contributed by atoms with Crippen molar-refractivity contribution in [3.63, 3.8) is 0 Å². The highest BCUT2D eigenvalue weighted by molar-refractivity contribution is 5.87. The molecule has 2 aromatic rings. The number of carbonyl (C=O) groups is 2. The highest BCUT2D eigenvalue weighted by Crippen LogP contribution is 2.19. The molecule has 2 rings (SSSR count). The van der Waals surface area contributed by atoms with Crippen LogP contribution in [0.4, 0.5) is 0 Å². The normalized spacial score (nSPS) is 11.6. The molecule has 2 aromatic carbocycles. The third-order valence-corrected chi connectivity index (χ3v) is 4.41. The Morgan fingerprint density at radius 3 is 2.48 bits per heavy atom. The van der Waals surface area contributed by atoms with Gasteiger partial charge in [0.2, 0.25) is 5.91 Å². The quantitative estimate of drug-likeness (QED) is 0.778. The van der Waals surface area contributed by atoms with Gasteiger partial charge in [-0.15, -0.1) is 0 Å². The summed E-state index contributed by atoms with van der Waals surface area (Å²) in [6, 6.07) is 14.9. The summed E-state index contributed by atoms with van der Waals surface area (Å²) >= 11 is 0. The molecule has 0 spiro atoms. The molecule has 0 aliphatic carbocycles. The molecular weight excluding hydrogens is 340 g/mol. The van der Waals surface area contributed by atoms with Gasteiger partial charge in [0.1, 0.15) is 11.8 Å². The summed E-state index contributed by atoms with van der Waals surface area (Å²) in [6.45, 7) is 8.29. The van der Waals surface area contributed by atoms with E-state index in [1.807, 2.05) is 69.3 Å². The molecule has 0 radical (unpaired) electrons. The number of amides is 2. The fourth-order valence-corrected chi connectivity index (χ4v) is 2.77. The van der Waals surface area contributed by atoms with Crippen LogP contribution in [-0.4, -0.2) is 35.9 Å². The number of aryl methyl sites for hydroxylation is 2. The van der Waals surface area contributed by atoms with E-state index >= 15 is 0 Å². The Labute approximate surface area is 161 Å². The van der Waals surface area contributed by atoms with Crippen LogP contribution in [0.1, 0.15) is 30.5 Å². The zero-order chi connectivity index (χ0) is 19.8. The maximum absolute atomic E-state index is 12.9. The molecule has 1 N–H and O–H groups in total. The van der Waals surface area contributed by atoms with Crippen LogP contribution in [0.2, 0.25) is 0 Å². The van der Waals surface area contributed by atoms with Crippen molar-refractivity contribution in [2.45, 2.75) is 40.3 Å². The Kier molecular flexibility index (Phi) is 7.41. The van der Waals surface area contributed by atoms with Gasteiger partial charge in [-0.1, -0.05) is 42.5 Å². The first-order valence-corrected chi connectivity index (χ1v) is 9.23. The highest BCUT2D eigenvalue weighted by Gasteiger charge is 2.26. The molecule has 0 saturated carbocycles. The second-order valence-electron chi connectivity index (χ2n) is 6.64. The molecule has 5 heteroatoms. The van der Waals surface area contributed by atoms with Crippen LogP contribution >= 0.6 is 0 Å². The zero-order valence-corrected chi connectivity index (χ0v) is 16.5. The lowest BCUT2D eigenvalue weighted by Gasteiger charge is -2.28. The van der Waals surface area contributed by atoms with Crippen molar-refractivity contribution in [3.8, 4) is 5.75 Å². The van der Waals surface area contributed by atoms with E-state index < -0.39 is 6.04 Å². The average Bonchev–Trinajstić information content (AvgIpc) is 2.67. The van der Waals surface area contributed by atoms with E-state index in [9.17, 15) is 9.59 Å². The second kappa shape index (κ2) is 9.76. The third kappa shape index (κ3) is 5.84. The summed E-state index contributed by atoms with van der Waals surface area (Å²) in [7, 11) is 0. The van der Waals surface area contributed by atoms with E-state index in [0.717, 1.165) is 16.7 Å². The molecule has 27 heavy (non-hydrogen) atoms. The summed E-state index contributed by atoms with van der Waals surface area (Å²) in [4.78, 5) is 26.8. The number of benzene rings is 2. The number of hydrogen-bond donors (Lipinski definition) is 1. The van der Waals surface area contributed by atoms with Crippen molar-refractivity contribution in [3.05, 3.63) is 65.2 Å². The van der Waals surface area contributed by atoms with Crippen LogP contribution in [0, 0.1) is 13.8 Å². The fourth-order valence-electron chi connectivity index (χ4n) is 2.77. The van der Waals surface area contributed by atoms with E-state index in [1.165, 1.54) is 0 Å². The number of carbonyl (C=O) groups excluding carboxylic acids is 2. The van der Waals surface area contributed by atoms with Gasteiger partial charge in [-0.05, 0) is 50.5 Å². The van der Waals surface area contributed by atoms with Crippen LogP contribution in [0.15, 0.2) is 48.5 Å². The zero-order valence-electron chi connectivity index (χ0n) is 16.5. The van der Waals surface area contributed by atoms with Crippen molar-refractivity contribution in [1.82, 2.24) is 10.2 Å². The third-order valence-electron chi connectivity index (χ3n) is 4.41. The Hall–Kier alpha value is -2.82. The smallest absolute Gasteiger partial charge is 0.261 e. The minimum atomic E-state index is -0.583. The number of ether oxygens (including phenoxy) is 1. The second-order valence-corrected chi connectivity index (χ2v) is 6.64. The van der Waals surface area contributed by atoms with Crippen molar-refractivity contribution in [1.29, 1.82) is 0 Å². The molecule has 0 aliphatic rings. The number of rotatable bonds is 8. The van der Waals surface area contributed by atoms with Gasteiger partial charge in [-0.25, -0.2) is 0 Å². The molecule has 1 atom stereocenters. The predicted molar refractivity (Wildman–Crippen MR) is 107 cm³/mol. The molecule has 0 fully saturated rings. The molecule has 144 valence electrons. The van der Waals surface area contributed by atoms with Gasteiger partial charge in [0, 0.05) is 13.1 Å². The van der Waals surface area contributed by atoms with Gasteiger partial charge < -0.3 is 15.0 Å². The predicted octanol–water partition coefficient (Wildman–Crippen LogP) is 3.24. The summed E-state index contributed by atoms with van der Waals surface area (Å²) in [5, 5.41) is 2.78. The molecule has 0 aliphatic heterocycles. The lowest BCUT2D eigenvalue weighted by Crippen LogP contribution is -2.49. The largest absolute Gasteiger partial charge is 0.483 e. The van der Waals surface area contributed by atoms with Gasteiger partial charge in [0.25, 0.3) is 5.91 Å². The molecule has 2 amide bonds. The maximum atomic E-state index is 12.9. The van der Waals surface area contributed by atoms with Gasteiger partial charge in [0.05, 0.1) is 0 Å². The van der Waals surface area contributed by atoms with Gasteiger partial charge in [-0.3, -0.25) is 9.59 Å². The Balaban J connectivity index is 2.14. The van der Waals surface area contributed by atoms with Crippen LogP contribution in [0.3, 0.4) is 0 Å². The lowest BCUT2D eigenvalue weighted by atomic mass is 10.1. The lowest BCUT2D eigenvalue weighted by molar-refractivity contribution is -0.142. The topological polar surface area (TPSA) is 58.6 Å². The number of nitrogens with one attached hydrogen (secondary N) is 1. The summed E-state index contributed by atoms with van der Waals surface area (Å²) in [6.07, 6.45) is 0. The molecular formula is C22H28N2O3. The van der Waals surface area contributed by atoms with E-state index in [2.05, 4.69) is 5.32 Å². The average molecular weight is 368 g/mol. The Bertz CT molecular complexity index is 774. The first-order valence-electron chi connectivity index (χ1n) is 9.23. The first-order chi connectivity index (χ1) is 12.9. The van der Waals surface area contributed by atoms with Crippen LogP contribution in [0.5, 0.6) is 5.75 Å². The highest BCUT2D eigenvalue weighted by atomic mass is 16.5. The molecule has 0 aromatic heterocycles. The summed E-state index contributed by atoms with van der Waals surface area (Å²) < 4.78 is 5.77. The molecule has 1 unspecified atom stereocenters. The SMILES string of the molecule is CCNC(=O)C(C)N(Cc1ccccc1)C(=O)COc1cc(C)ccc1C. The first kappa shape index (κ1) is 20.5. The minimum Gasteiger partial charge on any atom is -0.483 e. The van der Waals surface area contributed by atoms with Gasteiger partial charge >= 0.3 is 0 Å². The molecule has 0 heterocycles. The molecule has 0 saturated heterocycles. The van der Waals surface area contributed by atoms with Gasteiger partial charge in [0.15, 0.2) is 6.61 Å². The number of hydrogen-bond acceptors (Lipinski definition) is 3. The van der Waals surface area contributed by atoms with Crippen molar-refractivity contribution < 1.29 is 14.3 Å². The maximum Gasteiger partial charge on any atom is 0.261 e. The van der Waals surface area contributed by atoms with Gasteiger partial charge in [-0.2, -0.15) is 0 Å². The van der Waals surface area contributed by atoms with Crippen LogP contribution in [0.25, 0.3) is 0 Å². The van der Waals surface area contributed by atoms with Crippen LogP contribution < -0.4 is 10.1 Å². The number of nitrogens with zero attached hydrogens (tertiary/aromatic N) is 1. The van der Waals surface area contributed by atoms with Crippen molar-refractivity contribution in [2.75, 3.05) is 13.2 Å². The summed E-state index contributed by atoms with van der Waals surface area (Å²) in [5.41, 5.74) is 3.01. The fraction of sp³-hybridized carbons (Fsp3) is 0.364. The molecule has 5 nitrogen and oxygen atoms in total. The van der Waals surface area contributed by atoms with E-state index in [4.69, 9.17) is 4.74 Å². The minimum absolute atomic E-state index is 0.110. The number of likely N-dealkylation sites (N-methyl/N-ethyl adjacent to an activating group) is 1. The molecule has 0 bridgehead atoms. The van der Waals surface area contributed by atoms with E-state index in [1.54, 1.807) is 11.8 Å². The monoisotopic (exact) mass is 368 g/mol. The van der Waals surface area contributed by atoms with E-state index in [-0.39, 0.29) is 18.4 Å². The van der Waals surface area contributed by atoms with Crippen molar-refractivity contribution >= 4 is 11.8 Å². The standard InChI is InChI=1S/C22H28N2O3/c1-5-23-22(26)18(4)24(14-19-9-7-6-8-10-19)21(25)15-27-20-13-16(2)11-12-17(20)3/h6-13,18H,5,14-15H2,1-4H3,(H,23,26). The Morgan fingerprint density at radius 1 is 1.11 bits per heavy atom. The van der Waals surface area contributed by atoms with Crippen molar-refractivity contribution in [2.24, 2.45) is 0 Å². The van der Waals surface area contributed by atoms with E-state index in [0.29, 0.717) is 18.8 Å². The Morgan fingerprint density at radius 2 is 1.81 bits per heavy atom. The summed E-state index contributed by atoms with van der Waals surface area (Å²) in [5.74, 6) is 0.292. The van der Waals surface area contributed by atoms with Crippen LogP contribution in [-0.2, 0) is 16.1 Å².